The molecule has 3 rings (SSSR count). The Balaban J connectivity index is 1.59. The van der Waals surface area contributed by atoms with Crippen molar-refractivity contribution >= 4 is 0 Å². The van der Waals surface area contributed by atoms with Crippen LogP contribution < -0.4 is 5.73 Å². The van der Waals surface area contributed by atoms with Gasteiger partial charge in [0, 0.05) is 6.04 Å². The molecule has 0 aromatic rings. The summed E-state index contributed by atoms with van der Waals surface area (Å²) >= 11 is 0. The van der Waals surface area contributed by atoms with E-state index in [1.165, 1.54) is 63.4 Å². The molecule has 0 heterocycles. The second-order valence-electron chi connectivity index (χ2n) is 8.72. The third-order valence-corrected chi connectivity index (χ3v) is 7.09. The van der Waals surface area contributed by atoms with E-state index in [0.717, 1.165) is 24.2 Å². The van der Waals surface area contributed by atoms with Gasteiger partial charge in [0.2, 0.25) is 0 Å². The minimum atomic E-state index is 0.295. The summed E-state index contributed by atoms with van der Waals surface area (Å²) in [7, 11) is 0. The van der Waals surface area contributed by atoms with Gasteiger partial charge in [0.05, 0.1) is 0 Å². The molecule has 0 amide bonds. The highest BCUT2D eigenvalue weighted by Gasteiger charge is 2.51. The van der Waals surface area contributed by atoms with Crippen molar-refractivity contribution in [2.24, 2.45) is 28.9 Å². The number of nitrogens with two attached hydrogens (primary N) is 1. The maximum Gasteiger partial charge on any atom is 0.0251 e. The first-order valence-corrected chi connectivity index (χ1v) is 10.2. The zero-order valence-corrected chi connectivity index (χ0v) is 15.6. The van der Waals surface area contributed by atoms with Gasteiger partial charge in [-0.25, -0.2) is 0 Å². The average Bonchev–Trinajstić information content (AvgIpc) is 2.78. The molecule has 3 aliphatic rings. The van der Waals surface area contributed by atoms with Gasteiger partial charge in [-0.3, -0.25) is 0 Å². The Bertz CT molecular complexity index is 466. The molecule has 0 bridgehead atoms. The minimum absolute atomic E-state index is 0.295. The Morgan fingerprint density at radius 2 is 2.04 bits per heavy atom. The van der Waals surface area contributed by atoms with Crippen LogP contribution in [-0.2, 0) is 0 Å². The van der Waals surface area contributed by atoms with Gasteiger partial charge in [-0.1, -0.05) is 50.5 Å². The topological polar surface area (TPSA) is 26.0 Å². The van der Waals surface area contributed by atoms with Gasteiger partial charge in [-0.15, -0.1) is 0 Å². The molecular weight excluding hydrogens is 278 g/mol. The predicted molar refractivity (Wildman–Crippen MR) is 100 cm³/mol. The molecule has 0 radical (unpaired) electrons. The summed E-state index contributed by atoms with van der Waals surface area (Å²) in [6, 6.07) is 0.295. The van der Waals surface area contributed by atoms with E-state index < -0.39 is 0 Å². The number of fused-ring (bicyclic) bond motifs is 1. The molecule has 3 aliphatic carbocycles. The average molecular weight is 316 g/mol. The van der Waals surface area contributed by atoms with Crippen molar-refractivity contribution in [3.8, 4) is 0 Å². The SMILES string of the molecule is CCC/C(=C\C1CCC(C23CC=C2CC(C)C3)CC1)C(N)CC. The molecule has 2 N–H and O–H groups in total. The molecule has 130 valence electrons. The van der Waals surface area contributed by atoms with Crippen LogP contribution in [0.15, 0.2) is 23.3 Å². The molecule has 0 saturated heterocycles. The summed E-state index contributed by atoms with van der Waals surface area (Å²) in [6.07, 6.45) is 18.6. The molecule has 3 atom stereocenters. The van der Waals surface area contributed by atoms with Crippen molar-refractivity contribution in [3.05, 3.63) is 23.3 Å². The number of hydrogen-bond acceptors (Lipinski definition) is 1. The molecule has 23 heavy (non-hydrogen) atoms. The highest BCUT2D eigenvalue weighted by molar-refractivity contribution is 5.32. The summed E-state index contributed by atoms with van der Waals surface area (Å²) in [5.74, 6) is 2.71. The third-order valence-electron chi connectivity index (χ3n) is 7.09. The van der Waals surface area contributed by atoms with Crippen molar-refractivity contribution in [2.75, 3.05) is 0 Å². The number of rotatable bonds is 6. The molecule has 1 heteroatoms. The van der Waals surface area contributed by atoms with E-state index >= 15 is 0 Å². The molecule has 0 aliphatic heterocycles. The van der Waals surface area contributed by atoms with E-state index in [4.69, 9.17) is 5.73 Å². The Morgan fingerprint density at radius 3 is 2.57 bits per heavy atom. The van der Waals surface area contributed by atoms with Gasteiger partial charge in [0.25, 0.3) is 0 Å². The van der Waals surface area contributed by atoms with Gasteiger partial charge in [-0.05, 0) is 81.0 Å². The molecular formula is C22H37N. The van der Waals surface area contributed by atoms with Gasteiger partial charge in [0.1, 0.15) is 0 Å². The van der Waals surface area contributed by atoms with Crippen LogP contribution in [-0.4, -0.2) is 6.04 Å². The summed E-state index contributed by atoms with van der Waals surface area (Å²) in [6.45, 7) is 6.95. The smallest absolute Gasteiger partial charge is 0.0251 e. The summed E-state index contributed by atoms with van der Waals surface area (Å²) in [5.41, 5.74) is 10.4. The minimum Gasteiger partial charge on any atom is -0.324 e. The van der Waals surface area contributed by atoms with E-state index in [2.05, 4.69) is 32.9 Å². The van der Waals surface area contributed by atoms with Crippen LogP contribution in [0.4, 0.5) is 0 Å². The van der Waals surface area contributed by atoms with Gasteiger partial charge < -0.3 is 5.73 Å². The maximum atomic E-state index is 6.34. The maximum absolute atomic E-state index is 6.34. The fourth-order valence-corrected chi connectivity index (χ4v) is 5.76. The van der Waals surface area contributed by atoms with E-state index in [9.17, 15) is 0 Å². The van der Waals surface area contributed by atoms with Crippen LogP contribution in [0.1, 0.15) is 85.0 Å². The molecule has 2 saturated carbocycles. The highest BCUT2D eigenvalue weighted by Crippen LogP contribution is 2.62. The van der Waals surface area contributed by atoms with Gasteiger partial charge >= 0.3 is 0 Å². The first-order valence-electron chi connectivity index (χ1n) is 10.2. The second kappa shape index (κ2) is 7.13. The standard InChI is InChI=1S/C22H37N/c1-4-6-18(21(23)5-2)14-17-7-9-19(10-8-17)22-12-11-20(22)13-16(3)15-22/h11,14,16-17,19,21H,4-10,12-13,15,23H2,1-3H3/b18-14+. The number of allylic oxidation sites excluding steroid dienone is 3. The third kappa shape index (κ3) is 3.31. The quantitative estimate of drug-likeness (QED) is 0.597. The fraction of sp³-hybridized carbons (Fsp3) is 0.818. The van der Waals surface area contributed by atoms with Crippen LogP contribution in [0.25, 0.3) is 0 Å². The second-order valence-corrected chi connectivity index (χ2v) is 8.72. The fourth-order valence-electron chi connectivity index (χ4n) is 5.76. The molecule has 2 fully saturated rings. The lowest BCUT2D eigenvalue weighted by atomic mass is 9.58. The van der Waals surface area contributed by atoms with Crippen molar-refractivity contribution in [3.63, 3.8) is 0 Å². The molecule has 0 spiro atoms. The van der Waals surface area contributed by atoms with Crippen LogP contribution in [0, 0.1) is 23.2 Å². The van der Waals surface area contributed by atoms with Crippen LogP contribution in [0.2, 0.25) is 0 Å². The zero-order chi connectivity index (χ0) is 16.4. The van der Waals surface area contributed by atoms with E-state index in [-0.39, 0.29) is 0 Å². The molecule has 0 aromatic carbocycles. The predicted octanol–water partition coefficient (Wildman–Crippen LogP) is 6.00. The molecule has 1 nitrogen and oxygen atoms in total. The zero-order valence-electron chi connectivity index (χ0n) is 15.6. The Hall–Kier alpha value is -0.560. The molecule has 0 aromatic heterocycles. The first kappa shape index (κ1) is 17.3. The Kier molecular flexibility index (Phi) is 5.35. The summed E-state index contributed by atoms with van der Waals surface area (Å²) in [4.78, 5) is 0. The highest BCUT2D eigenvalue weighted by atomic mass is 14.6. The van der Waals surface area contributed by atoms with Crippen molar-refractivity contribution < 1.29 is 0 Å². The monoisotopic (exact) mass is 315 g/mol. The van der Waals surface area contributed by atoms with Crippen LogP contribution in [0.5, 0.6) is 0 Å². The molecule has 3 unspecified atom stereocenters. The largest absolute Gasteiger partial charge is 0.324 e. The lowest BCUT2D eigenvalue weighted by Gasteiger charge is -2.47. The van der Waals surface area contributed by atoms with E-state index in [0.29, 0.717) is 11.5 Å². The van der Waals surface area contributed by atoms with Gasteiger partial charge in [0.15, 0.2) is 0 Å². The normalized spacial score (nSPS) is 38.7. The lowest BCUT2D eigenvalue weighted by molar-refractivity contribution is 0.125. The van der Waals surface area contributed by atoms with Crippen molar-refractivity contribution in [1.82, 2.24) is 0 Å². The van der Waals surface area contributed by atoms with Gasteiger partial charge in [-0.2, -0.15) is 0 Å². The van der Waals surface area contributed by atoms with Crippen molar-refractivity contribution in [2.45, 2.75) is 91.0 Å². The van der Waals surface area contributed by atoms with E-state index in [1.807, 2.05) is 5.57 Å². The van der Waals surface area contributed by atoms with E-state index in [1.54, 1.807) is 0 Å². The first-order chi connectivity index (χ1) is 11.1. The summed E-state index contributed by atoms with van der Waals surface area (Å²) in [5, 5.41) is 0. The van der Waals surface area contributed by atoms with Crippen molar-refractivity contribution in [1.29, 1.82) is 0 Å². The Morgan fingerprint density at radius 1 is 1.30 bits per heavy atom. The summed E-state index contributed by atoms with van der Waals surface area (Å²) < 4.78 is 0. The Labute approximate surface area is 143 Å². The lowest BCUT2D eigenvalue weighted by Crippen LogP contribution is -2.36. The van der Waals surface area contributed by atoms with Crippen LogP contribution in [0.3, 0.4) is 0 Å². The van der Waals surface area contributed by atoms with Crippen LogP contribution >= 0.6 is 0 Å². The number of hydrogen-bond donors (Lipinski definition) is 1.